The van der Waals surface area contributed by atoms with Crippen molar-refractivity contribution in [2.45, 2.75) is 32.3 Å². The average Bonchev–Trinajstić information content (AvgIpc) is 3.39. The smallest absolute Gasteiger partial charge is 0.274 e. The number of hydrogen-bond donors (Lipinski definition) is 1. The zero-order chi connectivity index (χ0) is 17.9. The fourth-order valence-corrected chi connectivity index (χ4v) is 3.44. The maximum Gasteiger partial charge on any atom is 0.274 e. The molecule has 2 aromatic heterocycles. The van der Waals surface area contributed by atoms with Gasteiger partial charge >= 0.3 is 0 Å². The highest BCUT2D eigenvalue weighted by Gasteiger charge is 2.29. The molecule has 0 bridgehead atoms. The zero-order valence-corrected chi connectivity index (χ0v) is 15.0. The van der Waals surface area contributed by atoms with Crippen LogP contribution in [0, 0.1) is 0 Å². The first-order valence-corrected chi connectivity index (χ1v) is 9.27. The fourth-order valence-electron chi connectivity index (χ4n) is 3.44. The molecule has 0 aliphatic carbocycles. The van der Waals surface area contributed by atoms with Gasteiger partial charge in [0.1, 0.15) is 11.8 Å². The largest absolute Gasteiger partial charge is 0.368 e. The summed E-state index contributed by atoms with van der Waals surface area (Å²) in [6.07, 6.45) is 4.73. The third-order valence-electron chi connectivity index (χ3n) is 4.97. The molecule has 0 aromatic carbocycles. The van der Waals surface area contributed by atoms with Crippen molar-refractivity contribution in [1.29, 1.82) is 0 Å². The number of anilines is 1. The van der Waals surface area contributed by atoms with Crippen LogP contribution in [-0.2, 0) is 11.2 Å². The molecule has 4 heterocycles. The molecule has 26 heavy (non-hydrogen) atoms. The number of nitrogens with one attached hydrogen (secondary N) is 1. The molecule has 2 fully saturated rings. The van der Waals surface area contributed by atoms with E-state index in [1.807, 2.05) is 19.1 Å². The van der Waals surface area contributed by atoms with Crippen molar-refractivity contribution in [3.05, 3.63) is 35.4 Å². The molecular weight excluding hydrogens is 332 g/mol. The number of aromatic amines is 1. The Labute approximate surface area is 152 Å². The topological polar surface area (TPSA) is 87.2 Å². The quantitative estimate of drug-likeness (QED) is 0.895. The first kappa shape index (κ1) is 17.0. The molecular formula is C18H24N6O2. The van der Waals surface area contributed by atoms with Crippen molar-refractivity contribution in [3.63, 3.8) is 0 Å². The van der Waals surface area contributed by atoms with Crippen LogP contribution >= 0.6 is 0 Å². The van der Waals surface area contributed by atoms with Crippen molar-refractivity contribution >= 4 is 11.9 Å². The van der Waals surface area contributed by atoms with E-state index >= 15 is 0 Å². The highest BCUT2D eigenvalue weighted by molar-refractivity contribution is 5.92. The van der Waals surface area contributed by atoms with Crippen molar-refractivity contribution in [2.24, 2.45) is 0 Å². The first-order valence-electron chi connectivity index (χ1n) is 9.27. The number of rotatable bonds is 4. The number of nitrogens with zero attached hydrogens (tertiary/aromatic N) is 5. The minimum absolute atomic E-state index is 0.0666. The van der Waals surface area contributed by atoms with Gasteiger partial charge in [0.15, 0.2) is 0 Å². The number of morpholine rings is 1. The van der Waals surface area contributed by atoms with Gasteiger partial charge in [0.05, 0.1) is 18.8 Å². The molecule has 8 heteroatoms. The molecule has 1 amide bonds. The van der Waals surface area contributed by atoms with E-state index in [1.165, 1.54) is 12.8 Å². The first-order chi connectivity index (χ1) is 12.7. The number of carbonyl (C=O) groups excluding carboxylic acids is 1. The number of aryl methyl sites for hydroxylation is 1. The standard InChI is InChI=1S/C18H24N6O2/c1-2-13-11-15(22-21-13)17(25)24-9-10-26-16(12-24)14-5-6-19-18(20-14)23-7-3-4-8-23/h5-6,11,16H,2-4,7-10,12H2,1H3,(H,21,22). The highest BCUT2D eigenvalue weighted by atomic mass is 16.5. The number of H-pyrrole nitrogens is 1. The minimum Gasteiger partial charge on any atom is -0.368 e. The lowest BCUT2D eigenvalue weighted by Crippen LogP contribution is -2.42. The van der Waals surface area contributed by atoms with Crippen LogP contribution < -0.4 is 4.90 Å². The predicted octanol–water partition coefficient (Wildman–Crippen LogP) is 1.58. The Kier molecular flexibility index (Phi) is 4.83. The molecule has 2 aliphatic heterocycles. The highest BCUT2D eigenvalue weighted by Crippen LogP contribution is 2.24. The van der Waals surface area contributed by atoms with Gasteiger partial charge in [-0.15, -0.1) is 0 Å². The summed E-state index contributed by atoms with van der Waals surface area (Å²) in [6, 6.07) is 3.70. The lowest BCUT2D eigenvalue weighted by molar-refractivity contribution is -0.0249. The van der Waals surface area contributed by atoms with E-state index in [1.54, 1.807) is 11.1 Å². The summed E-state index contributed by atoms with van der Waals surface area (Å²) in [4.78, 5) is 25.8. The molecule has 2 saturated heterocycles. The third kappa shape index (κ3) is 3.41. The van der Waals surface area contributed by atoms with Crippen molar-refractivity contribution in [3.8, 4) is 0 Å². The van der Waals surface area contributed by atoms with E-state index in [2.05, 4.69) is 20.1 Å². The van der Waals surface area contributed by atoms with Crippen LogP contribution in [0.25, 0.3) is 0 Å². The van der Waals surface area contributed by atoms with Crippen LogP contribution in [0.5, 0.6) is 0 Å². The van der Waals surface area contributed by atoms with Gasteiger partial charge in [-0.05, 0) is 31.4 Å². The number of amides is 1. The van der Waals surface area contributed by atoms with Gasteiger partial charge in [-0.25, -0.2) is 9.97 Å². The lowest BCUT2D eigenvalue weighted by Gasteiger charge is -2.32. The summed E-state index contributed by atoms with van der Waals surface area (Å²) in [7, 11) is 0. The molecule has 1 unspecified atom stereocenters. The number of ether oxygens (including phenoxy) is 1. The zero-order valence-electron chi connectivity index (χ0n) is 15.0. The maximum atomic E-state index is 12.7. The van der Waals surface area contributed by atoms with Gasteiger partial charge in [0, 0.05) is 31.5 Å². The van der Waals surface area contributed by atoms with Crippen LogP contribution in [0.1, 0.15) is 47.7 Å². The molecule has 0 radical (unpaired) electrons. The molecule has 0 saturated carbocycles. The van der Waals surface area contributed by atoms with Crippen LogP contribution in [-0.4, -0.2) is 63.8 Å². The summed E-state index contributed by atoms with van der Waals surface area (Å²) in [6.45, 7) is 5.55. The van der Waals surface area contributed by atoms with Gasteiger partial charge in [0.25, 0.3) is 5.91 Å². The molecule has 8 nitrogen and oxygen atoms in total. The Morgan fingerprint density at radius 3 is 2.96 bits per heavy atom. The summed E-state index contributed by atoms with van der Waals surface area (Å²) in [5.41, 5.74) is 2.25. The monoisotopic (exact) mass is 356 g/mol. The van der Waals surface area contributed by atoms with E-state index < -0.39 is 0 Å². The fraction of sp³-hybridized carbons (Fsp3) is 0.556. The van der Waals surface area contributed by atoms with Crippen LogP contribution in [0.3, 0.4) is 0 Å². The molecule has 1 N–H and O–H groups in total. The van der Waals surface area contributed by atoms with E-state index in [0.29, 0.717) is 25.4 Å². The minimum atomic E-state index is -0.235. The van der Waals surface area contributed by atoms with Gasteiger partial charge in [-0.1, -0.05) is 6.92 Å². The summed E-state index contributed by atoms with van der Waals surface area (Å²) < 4.78 is 5.89. The lowest BCUT2D eigenvalue weighted by atomic mass is 10.2. The second-order valence-corrected chi connectivity index (χ2v) is 6.72. The Morgan fingerprint density at radius 1 is 1.35 bits per heavy atom. The molecule has 2 aromatic rings. The maximum absolute atomic E-state index is 12.7. The summed E-state index contributed by atoms with van der Waals surface area (Å²) in [5.74, 6) is 0.690. The summed E-state index contributed by atoms with van der Waals surface area (Å²) >= 11 is 0. The van der Waals surface area contributed by atoms with E-state index in [-0.39, 0.29) is 12.0 Å². The third-order valence-corrected chi connectivity index (χ3v) is 4.97. The molecule has 2 aliphatic rings. The van der Waals surface area contributed by atoms with Crippen LogP contribution in [0.15, 0.2) is 18.3 Å². The number of hydrogen-bond acceptors (Lipinski definition) is 6. The van der Waals surface area contributed by atoms with Crippen LogP contribution in [0.2, 0.25) is 0 Å². The van der Waals surface area contributed by atoms with Crippen molar-refractivity contribution in [1.82, 2.24) is 25.1 Å². The molecule has 0 spiro atoms. The number of carbonyl (C=O) groups is 1. The Hall–Kier alpha value is -2.48. The normalized spacial score (nSPS) is 20.6. The average molecular weight is 356 g/mol. The summed E-state index contributed by atoms with van der Waals surface area (Å²) in [5, 5.41) is 7.04. The van der Waals surface area contributed by atoms with Crippen LogP contribution in [0.4, 0.5) is 5.95 Å². The van der Waals surface area contributed by atoms with E-state index in [4.69, 9.17) is 9.72 Å². The Balaban J connectivity index is 1.48. The van der Waals surface area contributed by atoms with Crippen molar-refractivity contribution in [2.75, 3.05) is 37.7 Å². The SMILES string of the molecule is CCc1cc(C(=O)N2CCOC(c3ccnc(N4CCCC4)n3)C2)n[nH]1. The van der Waals surface area contributed by atoms with Crippen molar-refractivity contribution < 1.29 is 9.53 Å². The van der Waals surface area contributed by atoms with Gasteiger partial charge in [0.2, 0.25) is 5.95 Å². The Morgan fingerprint density at radius 2 is 2.19 bits per heavy atom. The van der Waals surface area contributed by atoms with E-state index in [9.17, 15) is 4.79 Å². The van der Waals surface area contributed by atoms with E-state index in [0.717, 1.165) is 36.8 Å². The van der Waals surface area contributed by atoms with Gasteiger partial charge in [-0.2, -0.15) is 5.10 Å². The van der Waals surface area contributed by atoms with Gasteiger partial charge < -0.3 is 14.5 Å². The molecule has 4 rings (SSSR count). The van der Waals surface area contributed by atoms with Gasteiger partial charge in [-0.3, -0.25) is 9.89 Å². The number of aromatic nitrogens is 4. The Bertz CT molecular complexity index is 771. The predicted molar refractivity (Wildman–Crippen MR) is 96.0 cm³/mol. The molecule has 1 atom stereocenters. The second-order valence-electron chi connectivity index (χ2n) is 6.72. The second kappa shape index (κ2) is 7.41. The molecule has 138 valence electrons.